The quantitative estimate of drug-likeness (QED) is 0.256. The van der Waals surface area contributed by atoms with Crippen LogP contribution in [0.25, 0.3) is 10.8 Å². The highest BCUT2D eigenvalue weighted by molar-refractivity contribution is 6.26. The number of amides is 2. The van der Waals surface area contributed by atoms with Crippen molar-refractivity contribution in [3.8, 4) is 0 Å². The first kappa shape index (κ1) is 19.2. The second-order valence-electron chi connectivity index (χ2n) is 6.34. The van der Waals surface area contributed by atoms with Crippen molar-refractivity contribution in [1.29, 1.82) is 0 Å². The molecule has 0 radical (unpaired) electrons. The monoisotopic (exact) mass is 381 g/mol. The molecule has 3 rings (SSSR count). The first-order valence-corrected chi connectivity index (χ1v) is 8.52. The molecular formula is C19H19N5O4. The van der Waals surface area contributed by atoms with Gasteiger partial charge in [0.2, 0.25) is 0 Å². The van der Waals surface area contributed by atoms with E-state index in [1.54, 1.807) is 30.3 Å². The molecule has 1 aliphatic rings. The average molecular weight is 381 g/mol. The van der Waals surface area contributed by atoms with Crippen molar-refractivity contribution in [3.05, 3.63) is 47.0 Å². The van der Waals surface area contributed by atoms with Gasteiger partial charge in [0.25, 0.3) is 11.8 Å². The lowest BCUT2D eigenvalue weighted by Gasteiger charge is -2.27. The predicted octanol–water partition coefficient (Wildman–Crippen LogP) is 1.47. The van der Waals surface area contributed by atoms with Crippen LogP contribution in [0.2, 0.25) is 0 Å². The van der Waals surface area contributed by atoms with E-state index >= 15 is 0 Å². The molecule has 0 spiro atoms. The molecule has 3 N–H and O–H groups in total. The van der Waals surface area contributed by atoms with E-state index in [0.29, 0.717) is 27.5 Å². The largest absolute Gasteiger partial charge is 0.481 e. The number of nitrogens with zero attached hydrogens (tertiary/aromatic N) is 4. The SMILES string of the molecule is C=N/C(=N\N(C)N)c1cc2c3c(cccc3c1)C(=O)N(CCCC(=O)O)C2=O. The molecule has 0 aliphatic carbocycles. The maximum atomic E-state index is 13.0. The Labute approximate surface area is 160 Å². The summed E-state index contributed by atoms with van der Waals surface area (Å²) >= 11 is 0. The normalized spacial score (nSPS) is 13.8. The van der Waals surface area contributed by atoms with E-state index in [0.717, 1.165) is 10.0 Å². The number of hydrogen-bond acceptors (Lipinski definition) is 6. The number of carboxylic acids is 1. The molecule has 2 aromatic rings. The van der Waals surface area contributed by atoms with Crippen molar-refractivity contribution in [2.75, 3.05) is 13.6 Å². The van der Waals surface area contributed by atoms with Gasteiger partial charge in [-0.25, -0.2) is 16.0 Å². The van der Waals surface area contributed by atoms with E-state index in [1.165, 1.54) is 7.05 Å². The van der Waals surface area contributed by atoms with Gasteiger partial charge in [0.1, 0.15) is 0 Å². The number of hydrazone groups is 1. The lowest BCUT2D eigenvalue weighted by atomic mass is 9.91. The number of nitrogens with two attached hydrogens (primary N) is 1. The molecule has 28 heavy (non-hydrogen) atoms. The number of hydrogen-bond donors (Lipinski definition) is 2. The summed E-state index contributed by atoms with van der Waals surface area (Å²) in [5, 5.41) is 15.2. The third kappa shape index (κ3) is 3.47. The molecule has 2 aromatic carbocycles. The third-order valence-electron chi connectivity index (χ3n) is 4.36. The Hall–Kier alpha value is -3.59. The molecule has 0 atom stereocenters. The fourth-order valence-electron chi connectivity index (χ4n) is 3.21. The Morgan fingerprint density at radius 1 is 1.25 bits per heavy atom. The van der Waals surface area contributed by atoms with Gasteiger partial charge in [-0.05, 0) is 36.7 Å². The molecular weight excluding hydrogens is 362 g/mol. The molecule has 0 saturated carbocycles. The molecule has 0 bridgehead atoms. The van der Waals surface area contributed by atoms with E-state index in [4.69, 9.17) is 10.9 Å². The Kier molecular flexibility index (Phi) is 5.18. The summed E-state index contributed by atoms with van der Waals surface area (Å²) < 4.78 is 0. The van der Waals surface area contributed by atoms with Gasteiger partial charge in [0, 0.05) is 42.1 Å². The summed E-state index contributed by atoms with van der Waals surface area (Å²) in [6, 6.07) is 8.53. The summed E-state index contributed by atoms with van der Waals surface area (Å²) in [6.45, 7) is 3.52. The van der Waals surface area contributed by atoms with Crippen LogP contribution in [-0.4, -0.2) is 59.1 Å². The fourth-order valence-corrected chi connectivity index (χ4v) is 3.21. The van der Waals surface area contributed by atoms with Gasteiger partial charge in [0.15, 0.2) is 5.84 Å². The van der Waals surface area contributed by atoms with E-state index < -0.39 is 17.8 Å². The van der Waals surface area contributed by atoms with Crippen molar-refractivity contribution in [1.82, 2.24) is 10.0 Å². The molecule has 0 fully saturated rings. The number of aliphatic carboxylic acids is 1. The van der Waals surface area contributed by atoms with Crippen molar-refractivity contribution in [2.45, 2.75) is 12.8 Å². The molecule has 9 heteroatoms. The minimum atomic E-state index is -0.981. The van der Waals surface area contributed by atoms with E-state index in [9.17, 15) is 14.4 Å². The van der Waals surface area contributed by atoms with Crippen LogP contribution >= 0.6 is 0 Å². The zero-order valence-electron chi connectivity index (χ0n) is 15.3. The van der Waals surface area contributed by atoms with Crippen LogP contribution in [-0.2, 0) is 4.79 Å². The van der Waals surface area contributed by atoms with E-state index in [-0.39, 0.29) is 25.2 Å². The molecule has 144 valence electrons. The summed E-state index contributed by atoms with van der Waals surface area (Å²) in [5.41, 5.74) is 1.25. The van der Waals surface area contributed by atoms with Crippen molar-refractivity contribution >= 4 is 41.1 Å². The zero-order chi connectivity index (χ0) is 20.4. The molecule has 1 heterocycles. The van der Waals surface area contributed by atoms with Gasteiger partial charge >= 0.3 is 5.97 Å². The van der Waals surface area contributed by atoms with Crippen LogP contribution < -0.4 is 5.84 Å². The summed E-state index contributed by atoms with van der Waals surface area (Å²) in [4.78, 5) is 41.5. The number of benzene rings is 2. The van der Waals surface area contributed by atoms with Crippen molar-refractivity contribution in [2.24, 2.45) is 15.9 Å². The average Bonchev–Trinajstić information content (AvgIpc) is 2.65. The lowest BCUT2D eigenvalue weighted by Crippen LogP contribution is -2.41. The van der Waals surface area contributed by atoms with Gasteiger partial charge in [0.05, 0.1) is 0 Å². The third-order valence-corrected chi connectivity index (χ3v) is 4.36. The van der Waals surface area contributed by atoms with Crippen LogP contribution in [0.4, 0.5) is 0 Å². The first-order chi connectivity index (χ1) is 13.3. The van der Waals surface area contributed by atoms with Crippen LogP contribution in [0.15, 0.2) is 40.4 Å². The highest BCUT2D eigenvalue weighted by atomic mass is 16.4. The Morgan fingerprint density at radius 3 is 2.61 bits per heavy atom. The van der Waals surface area contributed by atoms with Gasteiger partial charge in [-0.3, -0.25) is 19.3 Å². The minimum absolute atomic E-state index is 0.0240. The number of amidine groups is 1. The number of rotatable bonds is 6. The Bertz CT molecular complexity index is 1030. The number of imide groups is 1. The summed E-state index contributed by atoms with van der Waals surface area (Å²) in [7, 11) is 1.53. The molecule has 0 aromatic heterocycles. The summed E-state index contributed by atoms with van der Waals surface area (Å²) in [6.07, 6.45) is 0.0465. The van der Waals surface area contributed by atoms with Gasteiger partial charge in [-0.1, -0.05) is 12.1 Å². The van der Waals surface area contributed by atoms with Crippen molar-refractivity contribution < 1.29 is 19.5 Å². The Balaban J connectivity index is 2.12. The second-order valence-corrected chi connectivity index (χ2v) is 6.34. The van der Waals surface area contributed by atoms with Crippen LogP contribution in [0.1, 0.15) is 39.1 Å². The topological polar surface area (TPSA) is 129 Å². The number of aliphatic imine (C=N–C) groups is 1. The lowest BCUT2D eigenvalue weighted by molar-refractivity contribution is -0.137. The summed E-state index contributed by atoms with van der Waals surface area (Å²) in [5.74, 6) is 3.90. The van der Waals surface area contributed by atoms with Gasteiger partial charge < -0.3 is 5.11 Å². The molecule has 9 nitrogen and oxygen atoms in total. The van der Waals surface area contributed by atoms with E-state index in [2.05, 4.69) is 16.8 Å². The minimum Gasteiger partial charge on any atom is -0.481 e. The predicted molar refractivity (Wildman–Crippen MR) is 104 cm³/mol. The molecule has 0 saturated heterocycles. The van der Waals surface area contributed by atoms with Crippen molar-refractivity contribution in [3.63, 3.8) is 0 Å². The molecule has 1 aliphatic heterocycles. The number of hydrazine groups is 1. The maximum Gasteiger partial charge on any atom is 0.303 e. The number of carbonyl (C=O) groups is 3. The smallest absolute Gasteiger partial charge is 0.303 e. The first-order valence-electron chi connectivity index (χ1n) is 8.52. The van der Waals surface area contributed by atoms with Crippen LogP contribution in [0.5, 0.6) is 0 Å². The number of carbonyl (C=O) groups excluding carboxylic acids is 2. The zero-order valence-corrected chi connectivity index (χ0v) is 15.3. The van der Waals surface area contributed by atoms with Gasteiger partial charge in [-0.2, -0.15) is 0 Å². The van der Waals surface area contributed by atoms with Crippen LogP contribution in [0.3, 0.4) is 0 Å². The van der Waals surface area contributed by atoms with E-state index in [1.807, 2.05) is 0 Å². The number of carboxylic acid groups (broad SMARTS) is 1. The second kappa shape index (κ2) is 7.57. The maximum absolute atomic E-state index is 13.0. The standard InChI is InChI=1S/C19H19N5O4/c1-21-17(22-23(2)20)12-9-11-5-3-6-13-16(11)14(10-12)19(28)24(18(13)27)8-4-7-15(25)26/h3,5-6,9-10H,1,4,7-8,20H2,2H3,(H,25,26)/b22-17-. The molecule has 0 unspecified atom stereocenters. The Morgan fingerprint density at radius 2 is 1.96 bits per heavy atom. The highest BCUT2D eigenvalue weighted by Gasteiger charge is 2.33. The fraction of sp³-hybridized carbons (Fsp3) is 0.211. The molecule has 2 amide bonds. The van der Waals surface area contributed by atoms with Gasteiger partial charge in [-0.15, -0.1) is 5.10 Å². The highest BCUT2D eigenvalue weighted by Crippen LogP contribution is 2.31. The van der Waals surface area contributed by atoms with Crippen LogP contribution in [0, 0.1) is 0 Å².